The van der Waals surface area contributed by atoms with Gasteiger partial charge in [-0.3, -0.25) is 14.3 Å². The van der Waals surface area contributed by atoms with E-state index in [4.69, 9.17) is 9.84 Å². The molecule has 1 saturated heterocycles. The maximum absolute atomic E-state index is 16.1. The molecule has 190 valence electrons. The smallest absolute Gasteiger partial charge is 0.434 e. The Morgan fingerprint density at radius 2 is 1.94 bits per heavy atom. The monoisotopic (exact) mass is 511 g/mol. The summed E-state index contributed by atoms with van der Waals surface area (Å²) in [6, 6.07) is 4.90. The number of carboxylic acid groups (broad SMARTS) is 1. The second kappa shape index (κ2) is 8.46. The summed E-state index contributed by atoms with van der Waals surface area (Å²) in [5.74, 6) is -3.61. The molecule has 0 saturated carbocycles. The number of carbonyl (C=O) groups excluding carboxylic acids is 1. The van der Waals surface area contributed by atoms with Crippen molar-refractivity contribution in [1.82, 2.24) is 19.8 Å². The Balaban J connectivity index is 1.98. The van der Waals surface area contributed by atoms with E-state index in [9.17, 15) is 27.2 Å². The fourth-order valence-corrected chi connectivity index (χ4v) is 4.14. The highest BCUT2D eigenvalue weighted by molar-refractivity contribution is 6.03. The molecule has 0 bridgehead atoms. The zero-order chi connectivity index (χ0) is 26.6. The first-order valence-electron chi connectivity index (χ1n) is 10.3. The molecule has 4 rings (SSSR count). The number of benzene rings is 2. The minimum atomic E-state index is -5.14. The first kappa shape index (κ1) is 24.9. The van der Waals surface area contributed by atoms with E-state index >= 15 is 4.39 Å². The number of alkyl halides is 3. The predicted octanol–water partition coefficient (Wildman–Crippen LogP) is 4.03. The van der Waals surface area contributed by atoms with Gasteiger partial charge in [0.2, 0.25) is 11.9 Å². The van der Waals surface area contributed by atoms with Gasteiger partial charge in [-0.1, -0.05) is 12.1 Å². The van der Waals surface area contributed by atoms with E-state index in [0.717, 1.165) is 24.1 Å². The Morgan fingerprint density at radius 1 is 1.25 bits per heavy atom. The standard InChI is InChI=1S/C22H18F5N5O4/c1-21(9-14(33)31(2)18(30-21)29-20(34)35)10-5-4-6-13(16(10)24)32-17-12(28-19(32)36-3)8-7-11(23)15(17)22(25,26)27/h4-8H,9H2,1-3H3,(H,29,30)(H,34,35)/t21-/m0/s1. The minimum absolute atomic E-state index is 0.187. The van der Waals surface area contributed by atoms with Crippen LogP contribution in [0.15, 0.2) is 35.3 Å². The zero-order valence-corrected chi connectivity index (χ0v) is 18.9. The molecule has 0 spiro atoms. The lowest BCUT2D eigenvalue weighted by Gasteiger charge is -2.40. The van der Waals surface area contributed by atoms with Crippen LogP contribution in [0.2, 0.25) is 0 Å². The van der Waals surface area contributed by atoms with Crippen LogP contribution < -0.4 is 10.1 Å². The molecule has 3 aromatic rings. The largest absolute Gasteiger partial charge is 0.468 e. The number of amides is 2. The minimum Gasteiger partial charge on any atom is -0.468 e. The number of imidazole rings is 1. The molecule has 1 aliphatic rings. The number of carbonyl (C=O) groups is 2. The van der Waals surface area contributed by atoms with Crippen molar-refractivity contribution < 1.29 is 41.4 Å². The molecule has 14 heteroatoms. The van der Waals surface area contributed by atoms with Gasteiger partial charge in [0.1, 0.15) is 11.4 Å². The van der Waals surface area contributed by atoms with E-state index in [0.29, 0.717) is 10.6 Å². The first-order chi connectivity index (χ1) is 16.8. The molecule has 0 unspecified atom stereocenters. The Labute approximate surface area is 199 Å². The van der Waals surface area contributed by atoms with Gasteiger partial charge >= 0.3 is 18.3 Å². The summed E-state index contributed by atoms with van der Waals surface area (Å²) in [6.07, 6.45) is -7.09. The maximum atomic E-state index is 16.1. The number of rotatable bonds is 3. The molecule has 2 aromatic carbocycles. The maximum Gasteiger partial charge on any atom is 0.434 e. The number of hydrogen-bond donors (Lipinski definition) is 2. The first-order valence-corrected chi connectivity index (χ1v) is 10.3. The number of guanidine groups is 1. The summed E-state index contributed by atoms with van der Waals surface area (Å²) in [6.45, 7) is 1.40. The summed E-state index contributed by atoms with van der Waals surface area (Å²) in [4.78, 5) is 31.8. The molecular formula is C22H18F5N5O4. The van der Waals surface area contributed by atoms with E-state index in [1.807, 2.05) is 0 Å². The topological polar surface area (TPSA) is 109 Å². The Morgan fingerprint density at radius 3 is 2.56 bits per heavy atom. The highest BCUT2D eigenvalue weighted by Crippen LogP contribution is 2.41. The zero-order valence-electron chi connectivity index (χ0n) is 18.9. The SMILES string of the molecule is COc1nc2ccc(F)c(C(F)(F)F)c2n1-c1cccc([C@]2(C)CC(=O)N(C)/C(=N/C(=O)O)N2)c1F. The predicted molar refractivity (Wildman–Crippen MR) is 116 cm³/mol. The van der Waals surface area contributed by atoms with Gasteiger partial charge in [0.05, 0.1) is 35.8 Å². The van der Waals surface area contributed by atoms with Crippen LogP contribution in [0, 0.1) is 11.6 Å². The number of ether oxygens (including phenoxy) is 1. The third kappa shape index (κ3) is 3.97. The van der Waals surface area contributed by atoms with Crippen LogP contribution in [0.4, 0.5) is 26.7 Å². The van der Waals surface area contributed by atoms with Crippen LogP contribution in [0.1, 0.15) is 24.5 Å². The van der Waals surface area contributed by atoms with Crippen molar-refractivity contribution in [1.29, 1.82) is 0 Å². The quantitative estimate of drug-likeness (QED) is 0.514. The molecule has 2 amide bonds. The number of aromatic nitrogens is 2. The molecule has 2 heterocycles. The average molecular weight is 511 g/mol. The van der Waals surface area contributed by atoms with Crippen LogP contribution in [0.3, 0.4) is 0 Å². The van der Waals surface area contributed by atoms with Gasteiger partial charge in [-0.15, -0.1) is 4.99 Å². The van der Waals surface area contributed by atoms with Gasteiger partial charge in [-0.25, -0.2) is 13.6 Å². The van der Waals surface area contributed by atoms with Crippen LogP contribution in [-0.2, 0) is 16.5 Å². The molecule has 1 aromatic heterocycles. The number of fused-ring (bicyclic) bond motifs is 1. The van der Waals surface area contributed by atoms with E-state index < -0.39 is 58.1 Å². The molecule has 1 fully saturated rings. The third-order valence-electron chi connectivity index (χ3n) is 5.80. The van der Waals surface area contributed by atoms with Gasteiger partial charge in [0.25, 0.3) is 0 Å². The number of halogens is 5. The fourth-order valence-electron chi connectivity index (χ4n) is 4.14. The van der Waals surface area contributed by atoms with Gasteiger partial charge in [-0.2, -0.15) is 18.2 Å². The van der Waals surface area contributed by atoms with Crippen LogP contribution in [0.25, 0.3) is 16.7 Å². The molecule has 1 atom stereocenters. The van der Waals surface area contributed by atoms with Crippen molar-refractivity contribution in [2.75, 3.05) is 14.2 Å². The van der Waals surface area contributed by atoms with Crippen molar-refractivity contribution in [2.24, 2.45) is 4.99 Å². The highest BCUT2D eigenvalue weighted by atomic mass is 19.4. The second-order valence-corrected chi connectivity index (χ2v) is 8.17. The van der Waals surface area contributed by atoms with Gasteiger partial charge < -0.3 is 15.2 Å². The van der Waals surface area contributed by atoms with Crippen LogP contribution >= 0.6 is 0 Å². The van der Waals surface area contributed by atoms with Crippen molar-refractivity contribution in [3.63, 3.8) is 0 Å². The van der Waals surface area contributed by atoms with Crippen molar-refractivity contribution >= 4 is 29.0 Å². The number of nitrogens with zero attached hydrogens (tertiary/aromatic N) is 4. The molecule has 2 N–H and O–H groups in total. The third-order valence-corrected chi connectivity index (χ3v) is 5.80. The Bertz CT molecular complexity index is 1430. The molecule has 36 heavy (non-hydrogen) atoms. The van der Waals surface area contributed by atoms with Crippen LogP contribution in [-0.4, -0.2) is 51.7 Å². The summed E-state index contributed by atoms with van der Waals surface area (Å²) in [5, 5.41) is 11.7. The normalized spacial score (nSPS) is 19.6. The van der Waals surface area contributed by atoms with Gasteiger partial charge in [0.15, 0.2) is 5.82 Å². The van der Waals surface area contributed by atoms with Crippen LogP contribution in [0.5, 0.6) is 6.01 Å². The Hall–Kier alpha value is -4.23. The van der Waals surface area contributed by atoms with Crippen molar-refractivity contribution in [2.45, 2.75) is 25.1 Å². The second-order valence-electron chi connectivity index (χ2n) is 8.17. The number of nitrogens with one attached hydrogen (secondary N) is 1. The highest BCUT2D eigenvalue weighted by Gasteiger charge is 2.42. The molecule has 9 nitrogen and oxygen atoms in total. The lowest BCUT2D eigenvalue weighted by molar-refractivity contribution is -0.138. The Kier molecular flexibility index (Phi) is 5.85. The van der Waals surface area contributed by atoms with E-state index in [2.05, 4.69) is 15.3 Å². The lowest BCUT2D eigenvalue weighted by atomic mass is 9.86. The van der Waals surface area contributed by atoms with E-state index in [1.165, 1.54) is 26.1 Å². The molecule has 0 aliphatic carbocycles. The summed E-state index contributed by atoms with van der Waals surface area (Å²) < 4.78 is 77.7. The number of hydrogen-bond acceptors (Lipinski definition) is 4. The summed E-state index contributed by atoms with van der Waals surface area (Å²) in [5.41, 5.74) is -4.90. The van der Waals surface area contributed by atoms with Gasteiger partial charge in [0, 0.05) is 12.6 Å². The summed E-state index contributed by atoms with van der Waals surface area (Å²) >= 11 is 0. The van der Waals surface area contributed by atoms with E-state index in [-0.39, 0.29) is 23.5 Å². The van der Waals surface area contributed by atoms with E-state index in [1.54, 1.807) is 0 Å². The summed E-state index contributed by atoms with van der Waals surface area (Å²) in [7, 11) is 2.38. The van der Waals surface area contributed by atoms with Crippen molar-refractivity contribution in [3.8, 4) is 11.7 Å². The fraction of sp³-hybridized carbons (Fsp3) is 0.273. The number of aliphatic imine (C=N–C) groups is 1. The van der Waals surface area contributed by atoms with Gasteiger partial charge in [-0.05, 0) is 25.1 Å². The molecular weight excluding hydrogens is 493 g/mol. The lowest BCUT2D eigenvalue weighted by Crippen LogP contribution is -2.59. The average Bonchev–Trinajstić information content (AvgIpc) is 3.14. The molecule has 0 radical (unpaired) electrons. The number of methoxy groups -OCH3 is 1. The molecule has 1 aliphatic heterocycles. The van der Waals surface area contributed by atoms with Crippen molar-refractivity contribution in [3.05, 3.63) is 53.1 Å².